The molecule has 2 aliphatic rings. The summed E-state index contributed by atoms with van der Waals surface area (Å²) < 4.78 is 31.5. The molecule has 24 heavy (non-hydrogen) atoms. The Morgan fingerprint density at radius 3 is 2.79 bits per heavy atom. The number of hydrogen-bond donors (Lipinski definition) is 0. The molecule has 1 heterocycles. The van der Waals surface area contributed by atoms with Crippen molar-refractivity contribution in [3.05, 3.63) is 0 Å². The lowest BCUT2D eigenvalue weighted by Gasteiger charge is -2.27. The molecule has 2 fully saturated rings. The standard InChI is InChI=1S/C17H31FO4PSi/c1-4-5-6-13(18)14(22-24(2)3)8-7-11-12-9-17(19)20-15(12)10-16(11)21-23/h11-16H,4-10,23H2,1-3H3. The second-order valence-corrected chi connectivity index (χ2v) is 9.59. The van der Waals surface area contributed by atoms with Crippen molar-refractivity contribution < 1.29 is 22.9 Å². The number of carbonyl (C=O) groups excluding carboxylic acids is 1. The van der Waals surface area contributed by atoms with Crippen LogP contribution in [0.2, 0.25) is 13.1 Å². The van der Waals surface area contributed by atoms with Crippen molar-refractivity contribution in [3.63, 3.8) is 0 Å². The van der Waals surface area contributed by atoms with E-state index in [4.69, 9.17) is 13.7 Å². The van der Waals surface area contributed by atoms with Gasteiger partial charge in [-0.15, -0.1) is 0 Å². The molecule has 139 valence electrons. The molecule has 1 saturated carbocycles. The van der Waals surface area contributed by atoms with Crippen LogP contribution in [0.25, 0.3) is 0 Å². The van der Waals surface area contributed by atoms with Gasteiger partial charge in [0, 0.05) is 21.8 Å². The molecule has 0 N–H and O–H groups in total. The van der Waals surface area contributed by atoms with Gasteiger partial charge in [0.1, 0.15) is 12.3 Å². The topological polar surface area (TPSA) is 44.8 Å². The second kappa shape index (κ2) is 9.61. The highest BCUT2D eigenvalue weighted by Gasteiger charge is 2.50. The summed E-state index contributed by atoms with van der Waals surface area (Å²) in [6.45, 7) is 6.18. The van der Waals surface area contributed by atoms with Gasteiger partial charge in [-0.05, 0) is 38.3 Å². The van der Waals surface area contributed by atoms with Crippen LogP contribution in [0.4, 0.5) is 4.39 Å². The fourth-order valence-corrected chi connectivity index (χ4v) is 5.26. The second-order valence-electron chi connectivity index (χ2n) is 7.27. The summed E-state index contributed by atoms with van der Waals surface area (Å²) >= 11 is 0. The maximum Gasteiger partial charge on any atom is 0.306 e. The van der Waals surface area contributed by atoms with Crippen LogP contribution >= 0.6 is 9.47 Å². The van der Waals surface area contributed by atoms with Gasteiger partial charge in [-0.25, -0.2) is 4.39 Å². The van der Waals surface area contributed by atoms with Gasteiger partial charge in [-0.1, -0.05) is 19.8 Å². The monoisotopic (exact) mass is 377 g/mol. The van der Waals surface area contributed by atoms with Gasteiger partial charge in [0.2, 0.25) is 9.04 Å². The first kappa shape index (κ1) is 20.3. The van der Waals surface area contributed by atoms with Gasteiger partial charge in [-0.3, -0.25) is 4.79 Å². The first-order chi connectivity index (χ1) is 11.5. The highest BCUT2D eigenvalue weighted by atomic mass is 31.0. The molecule has 2 rings (SSSR count). The highest BCUT2D eigenvalue weighted by molar-refractivity contribution is 7.09. The third kappa shape index (κ3) is 5.23. The smallest absolute Gasteiger partial charge is 0.306 e. The van der Waals surface area contributed by atoms with Crippen LogP contribution in [0.1, 0.15) is 51.9 Å². The van der Waals surface area contributed by atoms with Gasteiger partial charge in [-0.2, -0.15) is 0 Å². The molecule has 0 aromatic carbocycles. The van der Waals surface area contributed by atoms with Crippen LogP contribution in [-0.4, -0.2) is 39.5 Å². The number of hydrogen-bond acceptors (Lipinski definition) is 4. The van der Waals surface area contributed by atoms with E-state index in [1.807, 2.05) is 13.1 Å². The lowest BCUT2D eigenvalue weighted by atomic mass is 9.86. The molecule has 1 saturated heterocycles. The summed E-state index contributed by atoms with van der Waals surface area (Å²) in [4.78, 5) is 11.6. The Morgan fingerprint density at radius 1 is 1.42 bits per heavy atom. The summed E-state index contributed by atoms with van der Waals surface area (Å²) in [5.74, 6) is 0.349. The van der Waals surface area contributed by atoms with E-state index in [0.29, 0.717) is 19.3 Å². The molecule has 0 aromatic rings. The van der Waals surface area contributed by atoms with Crippen molar-refractivity contribution in [2.24, 2.45) is 11.8 Å². The SMILES string of the molecule is CCCCC(F)C(CCC1C(OP)CC2OC(=O)CC21)O[Si](C)C. The fourth-order valence-electron chi connectivity index (χ4n) is 4.07. The number of esters is 1. The largest absolute Gasteiger partial charge is 0.462 e. The van der Waals surface area contributed by atoms with Crippen LogP contribution in [0.3, 0.4) is 0 Å². The first-order valence-corrected chi connectivity index (χ1v) is 12.0. The molecule has 0 spiro atoms. The quantitative estimate of drug-likeness (QED) is 0.327. The summed E-state index contributed by atoms with van der Waals surface area (Å²) in [5.41, 5.74) is 0. The van der Waals surface area contributed by atoms with Crippen molar-refractivity contribution in [2.75, 3.05) is 0 Å². The fraction of sp³-hybridized carbons (Fsp3) is 0.941. The molecular weight excluding hydrogens is 346 g/mol. The van der Waals surface area contributed by atoms with E-state index < -0.39 is 15.2 Å². The minimum Gasteiger partial charge on any atom is -0.462 e. The van der Waals surface area contributed by atoms with E-state index in [2.05, 4.69) is 16.4 Å². The number of unbranched alkanes of at least 4 members (excludes halogenated alkanes) is 1. The average Bonchev–Trinajstić information content (AvgIpc) is 3.04. The summed E-state index contributed by atoms with van der Waals surface area (Å²) in [7, 11) is 1.39. The van der Waals surface area contributed by atoms with E-state index in [1.165, 1.54) is 0 Å². The summed E-state index contributed by atoms with van der Waals surface area (Å²) in [6, 6.07) is 0. The zero-order chi connectivity index (χ0) is 17.7. The Hall–Kier alpha value is -0.0331. The maximum absolute atomic E-state index is 14.6. The van der Waals surface area contributed by atoms with Gasteiger partial charge < -0.3 is 13.7 Å². The van der Waals surface area contributed by atoms with E-state index in [9.17, 15) is 9.18 Å². The summed E-state index contributed by atoms with van der Waals surface area (Å²) in [5, 5.41) is 0. The normalized spacial score (nSPS) is 32.0. The Morgan fingerprint density at radius 2 is 2.17 bits per heavy atom. The molecule has 0 bridgehead atoms. The zero-order valence-corrected chi connectivity index (χ0v) is 17.2. The lowest BCUT2D eigenvalue weighted by Crippen LogP contribution is -2.32. The highest BCUT2D eigenvalue weighted by Crippen LogP contribution is 2.45. The van der Waals surface area contributed by atoms with Crippen molar-refractivity contribution in [1.29, 1.82) is 0 Å². The minimum atomic E-state index is -0.946. The number of alkyl halides is 1. The first-order valence-electron chi connectivity index (χ1n) is 9.12. The molecule has 7 heteroatoms. The summed E-state index contributed by atoms with van der Waals surface area (Å²) in [6.07, 6.45) is 4.00. The van der Waals surface area contributed by atoms with Gasteiger partial charge >= 0.3 is 5.97 Å². The molecule has 1 aliphatic heterocycles. The maximum atomic E-state index is 14.6. The zero-order valence-electron chi connectivity index (χ0n) is 15.0. The van der Waals surface area contributed by atoms with Crippen molar-refractivity contribution in [3.8, 4) is 0 Å². The third-order valence-electron chi connectivity index (χ3n) is 5.24. The molecule has 4 nitrogen and oxygen atoms in total. The van der Waals surface area contributed by atoms with E-state index >= 15 is 0 Å². The van der Waals surface area contributed by atoms with E-state index in [1.54, 1.807) is 0 Å². The molecule has 0 amide bonds. The molecular formula is C17H31FO4PSi. The molecule has 1 aliphatic carbocycles. The van der Waals surface area contributed by atoms with E-state index in [0.717, 1.165) is 25.7 Å². The number of halogens is 1. The predicted octanol–water partition coefficient (Wildman–Crippen LogP) is 4.06. The molecule has 0 aromatic heterocycles. The van der Waals surface area contributed by atoms with Crippen molar-refractivity contribution in [1.82, 2.24) is 0 Å². The Labute approximate surface area is 149 Å². The lowest BCUT2D eigenvalue weighted by molar-refractivity contribution is -0.141. The number of carbonyl (C=O) groups is 1. The Kier molecular flexibility index (Phi) is 8.12. The van der Waals surface area contributed by atoms with Crippen LogP contribution in [0.5, 0.6) is 0 Å². The van der Waals surface area contributed by atoms with Gasteiger partial charge in [0.05, 0.1) is 18.6 Å². The molecule has 1 radical (unpaired) electrons. The number of fused-ring (bicyclic) bond motifs is 1. The van der Waals surface area contributed by atoms with Crippen molar-refractivity contribution in [2.45, 2.75) is 89.4 Å². The minimum absolute atomic E-state index is 0.0225. The van der Waals surface area contributed by atoms with Crippen LogP contribution in [0.15, 0.2) is 0 Å². The Balaban J connectivity index is 1.94. The molecule has 7 unspecified atom stereocenters. The van der Waals surface area contributed by atoms with Crippen molar-refractivity contribution >= 4 is 24.5 Å². The van der Waals surface area contributed by atoms with Gasteiger partial charge in [0.25, 0.3) is 0 Å². The van der Waals surface area contributed by atoms with Crippen LogP contribution < -0.4 is 0 Å². The van der Waals surface area contributed by atoms with E-state index in [-0.39, 0.29) is 36.1 Å². The average molecular weight is 377 g/mol. The number of rotatable bonds is 10. The van der Waals surface area contributed by atoms with Crippen LogP contribution in [-0.2, 0) is 18.5 Å². The molecule has 7 atom stereocenters. The van der Waals surface area contributed by atoms with Crippen LogP contribution in [0, 0.1) is 11.8 Å². The van der Waals surface area contributed by atoms with Gasteiger partial charge in [0.15, 0.2) is 0 Å². The predicted molar refractivity (Wildman–Crippen MR) is 96.7 cm³/mol. The number of ether oxygens (including phenoxy) is 1. The third-order valence-corrected chi connectivity index (χ3v) is 6.36. The Bertz CT molecular complexity index is 412.